The Labute approximate surface area is 162 Å². The van der Waals surface area contributed by atoms with Crippen molar-refractivity contribution in [2.45, 2.75) is 0 Å². The van der Waals surface area contributed by atoms with Crippen molar-refractivity contribution >= 4 is 23.2 Å². The van der Waals surface area contributed by atoms with Crippen molar-refractivity contribution in [2.24, 2.45) is 0 Å². The predicted molar refractivity (Wildman–Crippen MR) is 103 cm³/mol. The van der Waals surface area contributed by atoms with Crippen LogP contribution in [-0.4, -0.2) is 56.7 Å². The maximum absolute atomic E-state index is 13.2. The summed E-state index contributed by atoms with van der Waals surface area (Å²) in [4.78, 5) is 26.5. The lowest BCUT2D eigenvalue weighted by Crippen LogP contribution is -2.40. The molecule has 0 radical (unpaired) electrons. The smallest absolute Gasteiger partial charge is 0.254 e. The molecule has 2 N–H and O–H groups in total. The summed E-state index contributed by atoms with van der Waals surface area (Å²) >= 11 is 0. The molecule has 148 valence electrons. The number of ether oxygens (including phenoxy) is 2. The molecule has 0 spiro atoms. The highest BCUT2D eigenvalue weighted by Crippen LogP contribution is 2.26. The standard InChI is InChI=1S/C20H22FN3O4/c1-27-18-6-5-14(20(26)24-7-9-28-10-8-24)11-17(18)22-13-19(25)23-16-4-2-3-15(21)12-16/h2-6,11-12,22H,7-10,13H2,1H3,(H,23,25). The zero-order valence-electron chi connectivity index (χ0n) is 15.5. The van der Waals surface area contributed by atoms with Gasteiger partial charge in [-0.05, 0) is 36.4 Å². The van der Waals surface area contributed by atoms with Gasteiger partial charge in [-0.2, -0.15) is 0 Å². The van der Waals surface area contributed by atoms with Gasteiger partial charge in [0.2, 0.25) is 5.91 Å². The summed E-state index contributed by atoms with van der Waals surface area (Å²) in [5.41, 5.74) is 1.39. The molecule has 2 aromatic rings. The number of rotatable bonds is 6. The molecule has 2 amide bonds. The van der Waals surface area contributed by atoms with Crippen molar-refractivity contribution in [1.29, 1.82) is 0 Å². The summed E-state index contributed by atoms with van der Waals surface area (Å²) in [7, 11) is 1.51. The topological polar surface area (TPSA) is 79.9 Å². The summed E-state index contributed by atoms with van der Waals surface area (Å²) in [6.45, 7) is 2.07. The van der Waals surface area contributed by atoms with Crippen LogP contribution >= 0.6 is 0 Å². The quantitative estimate of drug-likeness (QED) is 0.796. The van der Waals surface area contributed by atoms with E-state index in [-0.39, 0.29) is 18.4 Å². The number of carbonyl (C=O) groups is 2. The van der Waals surface area contributed by atoms with Gasteiger partial charge in [-0.1, -0.05) is 6.07 Å². The molecule has 1 aliphatic heterocycles. The minimum atomic E-state index is -0.429. The van der Waals surface area contributed by atoms with E-state index in [0.717, 1.165) is 0 Å². The van der Waals surface area contributed by atoms with Gasteiger partial charge in [0.25, 0.3) is 5.91 Å². The van der Waals surface area contributed by atoms with E-state index in [1.807, 2.05) is 0 Å². The molecule has 0 atom stereocenters. The molecule has 28 heavy (non-hydrogen) atoms. The van der Waals surface area contributed by atoms with Gasteiger partial charge in [0.1, 0.15) is 11.6 Å². The monoisotopic (exact) mass is 387 g/mol. The van der Waals surface area contributed by atoms with Crippen LogP contribution in [0, 0.1) is 5.82 Å². The highest BCUT2D eigenvalue weighted by Gasteiger charge is 2.19. The van der Waals surface area contributed by atoms with Gasteiger partial charge in [-0.15, -0.1) is 0 Å². The summed E-state index contributed by atoms with van der Waals surface area (Å²) in [5.74, 6) is -0.366. The highest BCUT2D eigenvalue weighted by molar-refractivity contribution is 5.97. The Morgan fingerprint density at radius 2 is 1.96 bits per heavy atom. The third-order valence-corrected chi connectivity index (χ3v) is 4.29. The van der Waals surface area contributed by atoms with Crippen LogP contribution in [-0.2, 0) is 9.53 Å². The first kappa shape index (κ1) is 19.6. The Bertz CT molecular complexity index is 853. The number of nitrogens with zero attached hydrogens (tertiary/aromatic N) is 1. The normalized spacial score (nSPS) is 13.7. The molecular formula is C20H22FN3O4. The number of hydrogen-bond acceptors (Lipinski definition) is 5. The van der Waals surface area contributed by atoms with Crippen LogP contribution < -0.4 is 15.4 Å². The van der Waals surface area contributed by atoms with Crippen molar-refractivity contribution in [3.05, 3.63) is 53.8 Å². The van der Waals surface area contributed by atoms with Gasteiger partial charge in [-0.3, -0.25) is 9.59 Å². The molecule has 0 aliphatic carbocycles. The molecule has 1 saturated heterocycles. The van der Waals surface area contributed by atoms with Crippen molar-refractivity contribution in [3.8, 4) is 5.75 Å². The van der Waals surface area contributed by atoms with Gasteiger partial charge in [0.05, 0.1) is 32.6 Å². The van der Waals surface area contributed by atoms with E-state index in [1.165, 1.54) is 25.3 Å². The summed E-state index contributed by atoms with van der Waals surface area (Å²) in [6.07, 6.45) is 0. The molecule has 3 rings (SSSR count). The maximum atomic E-state index is 13.2. The van der Waals surface area contributed by atoms with E-state index >= 15 is 0 Å². The summed E-state index contributed by atoms with van der Waals surface area (Å²) in [5, 5.41) is 5.58. The highest BCUT2D eigenvalue weighted by atomic mass is 19.1. The van der Waals surface area contributed by atoms with Crippen LogP contribution in [0.15, 0.2) is 42.5 Å². The van der Waals surface area contributed by atoms with E-state index < -0.39 is 5.82 Å². The molecule has 0 unspecified atom stereocenters. The Hall–Kier alpha value is -3.13. The van der Waals surface area contributed by atoms with Crippen molar-refractivity contribution in [2.75, 3.05) is 50.6 Å². The number of morpholine rings is 1. The van der Waals surface area contributed by atoms with E-state index in [1.54, 1.807) is 29.2 Å². The Balaban J connectivity index is 1.66. The second-order valence-corrected chi connectivity index (χ2v) is 6.23. The number of nitrogens with one attached hydrogen (secondary N) is 2. The fourth-order valence-electron chi connectivity index (χ4n) is 2.88. The first-order valence-corrected chi connectivity index (χ1v) is 8.91. The van der Waals surface area contributed by atoms with Gasteiger partial charge in [-0.25, -0.2) is 4.39 Å². The average Bonchev–Trinajstić information content (AvgIpc) is 2.72. The van der Waals surface area contributed by atoms with E-state index in [2.05, 4.69) is 10.6 Å². The first-order chi connectivity index (χ1) is 13.6. The molecule has 0 saturated carbocycles. The molecular weight excluding hydrogens is 365 g/mol. The molecule has 1 heterocycles. The summed E-state index contributed by atoms with van der Waals surface area (Å²) < 4.78 is 23.8. The number of hydrogen-bond donors (Lipinski definition) is 2. The van der Waals surface area contributed by atoms with E-state index in [9.17, 15) is 14.0 Å². The molecule has 1 aliphatic rings. The lowest BCUT2D eigenvalue weighted by Gasteiger charge is -2.27. The SMILES string of the molecule is COc1ccc(C(=O)N2CCOCC2)cc1NCC(=O)Nc1cccc(F)c1. The zero-order chi connectivity index (χ0) is 19.9. The van der Waals surface area contributed by atoms with Crippen LogP contribution in [0.3, 0.4) is 0 Å². The number of benzene rings is 2. The molecule has 0 aromatic heterocycles. The van der Waals surface area contributed by atoms with Gasteiger partial charge >= 0.3 is 0 Å². The second kappa shape index (κ2) is 9.18. The van der Waals surface area contributed by atoms with Crippen LogP contribution in [0.2, 0.25) is 0 Å². The van der Waals surface area contributed by atoms with Crippen LogP contribution in [0.1, 0.15) is 10.4 Å². The first-order valence-electron chi connectivity index (χ1n) is 8.91. The second-order valence-electron chi connectivity index (χ2n) is 6.23. The zero-order valence-corrected chi connectivity index (χ0v) is 15.5. The Morgan fingerprint density at radius 3 is 2.68 bits per heavy atom. The Kier molecular flexibility index (Phi) is 6.44. The van der Waals surface area contributed by atoms with Crippen molar-refractivity contribution in [3.63, 3.8) is 0 Å². The van der Waals surface area contributed by atoms with Crippen molar-refractivity contribution in [1.82, 2.24) is 4.90 Å². The number of carbonyl (C=O) groups excluding carboxylic acids is 2. The molecule has 0 bridgehead atoms. The number of halogens is 1. The van der Waals surface area contributed by atoms with Gasteiger partial charge in [0.15, 0.2) is 0 Å². The molecule has 7 nitrogen and oxygen atoms in total. The fourth-order valence-corrected chi connectivity index (χ4v) is 2.88. The largest absolute Gasteiger partial charge is 0.495 e. The van der Waals surface area contributed by atoms with Crippen LogP contribution in [0.4, 0.5) is 15.8 Å². The molecule has 8 heteroatoms. The number of amides is 2. The average molecular weight is 387 g/mol. The van der Waals surface area contributed by atoms with Gasteiger partial charge < -0.3 is 25.0 Å². The third-order valence-electron chi connectivity index (χ3n) is 4.29. The fraction of sp³-hybridized carbons (Fsp3) is 0.300. The third kappa shape index (κ3) is 4.98. The van der Waals surface area contributed by atoms with E-state index in [0.29, 0.717) is 49.0 Å². The minimum absolute atomic E-state index is 0.0674. The molecule has 1 fully saturated rings. The number of anilines is 2. The van der Waals surface area contributed by atoms with Gasteiger partial charge in [0, 0.05) is 24.3 Å². The minimum Gasteiger partial charge on any atom is -0.495 e. The number of methoxy groups -OCH3 is 1. The maximum Gasteiger partial charge on any atom is 0.254 e. The Morgan fingerprint density at radius 1 is 1.18 bits per heavy atom. The van der Waals surface area contributed by atoms with Crippen LogP contribution in [0.25, 0.3) is 0 Å². The molecule has 2 aromatic carbocycles. The van der Waals surface area contributed by atoms with Crippen LogP contribution in [0.5, 0.6) is 5.75 Å². The van der Waals surface area contributed by atoms with Crippen molar-refractivity contribution < 1.29 is 23.5 Å². The lowest BCUT2D eigenvalue weighted by molar-refractivity contribution is -0.114. The van der Waals surface area contributed by atoms with E-state index in [4.69, 9.17) is 9.47 Å². The lowest BCUT2D eigenvalue weighted by atomic mass is 10.1. The summed E-state index contributed by atoms with van der Waals surface area (Å²) in [6, 6.07) is 10.7. The predicted octanol–water partition coefficient (Wildman–Crippen LogP) is 2.36.